The number of aliphatic carboxylic acids is 1. The normalized spacial score (nSPS) is 10.3. The van der Waals surface area contributed by atoms with Crippen LogP contribution >= 0.6 is 11.3 Å². The fourth-order valence-corrected chi connectivity index (χ4v) is 2.60. The van der Waals surface area contributed by atoms with Gasteiger partial charge in [0.2, 0.25) is 5.91 Å². The molecule has 2 rings (SSSR count). The highest BCUT2D eigenvalue weighted by Crippen LogP contribution is 2.12. The molecule has 6 heteroatoms. The number of rotatable bonds is 7. The van der Waals surface area contributed by atoms with E-state index in [-0.39, 0.29) is 18.9 Å². The van der Waals surface area contributed by atoms with Crippen molar-refractivity contribution >= 4 is 23.2 Å². The van der Waals surface area contributed by atoms with Crippen molar-refractivity contribution in [3.63, 3.8) is 0 Å². The summed E-state index contributed by atoms with van der Waals surface area (Å²) in [6.45, 7) is 0.613. The van der Waals surface area contributed by atoms with Gasteiger partial charge in [-0.15, -0.1) is 11.3 Å². The molecule has 0 spiro atoms. The Hall–Kier alpha value is -2.21. The van der Waals surface area contributed by atoms with E-state index in [1.807, 2.05) is 29.6 Å². The highest BCUT2D eigenvalue weighted by Gasteiger charge is 2.16. The number of carbonyl (C=O) groups excluding carboxylic acids is 1. The number of thiophene rings is 1. The van der Waals surface area contributed by atoms with Crippen molar-refractivity contribution in [3.8, 4) is 0 Å². The lowest BCUT2D eigenvalue weighted by Crippen LogP contribution is -2.33. The van der Waals surface area contributed by atoms with Crippen LogP contribution < -0.4 is 0 Å². The fraction of sp³-hybridized carbons (Fsp3) is 0.267. The van der Waals surface area contributed by atoms with Crippen molar-refractivity contribution in [3.05, 3.63) is 52.5 Å². The lowest BCUT2D eigenvalue weighted by Gasteiger charge is -2.22. The SMILES string of the molecule is O=C(O)CCN(Cc1ccncc1)C(=O)Cc1cccs1. The topological polar surface area (TPSA) is 70.5 Å². The van der Waals surface area contributed by atoms with Gasteiger partial charge >= 0.3 is 5.97 Å². The zero-order valence-electron chi connectivity index (χ0n) is 11.4. The van der Waals surface area contributed by atoms with Gasteiger partial charge in [-0.2, -0.15) is 0 Å². The molecule has 0 bridgehead atoms. The van der Waals surface area contributed by atoms with Crippen LogP contribution in [0.3, 0.4) is 0 Å². The third-order valence-electron chi connectivity index (χ3n) is 2.98. The first-order chi connectivity index (χ1) is 10.1. The van der Waals surface area contributed by atoms with Gasteiger partial charge in [0.05, 0.1) is 12.8 Å². The molecule has 0 aromatic carbocycles. The molecular formula is C15H16N2O3S. The summed E-state index contributed by atoms with van der Waals surface area (Å²) in [7, 11) is 0. The molecule has 0 aliphatic heterocycles. The summed E-state index contributed by atoms with van der Waals surface area (Å²) >= 11 is 1.53. The van der Waals surface area contributed by atoms with E-state index in [0.29, 0.717) is 13.0 Å². The number of carbonyl (C=O) groups is 2. The Kier molecular flexibility index (Phi) is 5.45. The summed E-state index contributed by atoms with van der Waals surface area (Å²) in [6, 6.07) is 7.46. The molecular weight excluding hydrogens is 288 g/mol. The van der Waals surface area contributed by atoms with E-state index >= 15 is 0 Å². The number of carboxylic acid groups (broad SMARTS) is 1. The van der Waals surface area contributed by atoms with E-state index in [4.69, 9.17) is 5.11 Å². The van der Waals surface area contributed by atoms with Gasteiger partial charge in [-0.3, -0.25) is 14.6 Å². The van der Waals surface area contributed by atoms with Gasteiger partial charge in [-0.25, -0.2) is 0 Å². The number of hydrogen-bond donors (Lipinski definition) is 1. The first-order valence-corrected chi connectivity index (χ1v) is 7.44. The van der Waals surface area contributed by atoms with Gasteiger partial charge in [0.25, 0.3) is 0 Å². The van der Waals surface area contributed by atoms with Crippen molar-refractivity contribution in [1.82, 2.24) is 9.88 Å². The molecule has 1 N–H and O–H groups in total. The maximum absolute atomic E-state index is 12.4. The Balaban J connectivity index is 2.03. The van der Waals surface area contributed by atoms with Crippen molar-refractivity contribution in [1.29, 1.82) is 0 Å². The molecule has 0 fully saturated rings. The fourth-order valence-electron chi connectivity index (χ4n) is 1.91. The molecule has 0 unspecified atom stereocenters. The number of nitrogens with zero attached hydrogens (tertiary/aromatic N) is 2. The molecule has 2 aromatic rings. The Labute approximate surface area is 126 Å². The Morgan fingerprint density at radius 1 is 1.24 bits per heavy atom. The molecule has 2 heterocycles. The van der Waals surface area contributed by atoms with Crippen LogP contribution in [0.1, 0.15) is 16.9 Å². The number of hydrogen-bond acceptors (Lipinski definition) is 4. The maximum Gasteiger partial charge on any atom is 0.305 e. The van der Waals surface area contributed by atoms with E-state index in [9.17, 15) is 9.59 Å². The number of pyridine rings is 1. The second kappa shape index (κ2) is 7.54. The third-order valence-corrected chi connectivity index (χ3v) is 3.85. The van der Waals surface area contributed by atoms with E-state index in [2.05, 4.69) is 4.98 Å². The quantitative estimate of drug-likeness (QED) is 0.851. The predicted octanol–water partition coefficient (Wildman–Crippen LogP) is 2.19. The van der Waals surface area contributed by atoms with Crippen molar-refractivity contribution in [2.45, 2.75) is 19.4 Å². The Morgan fingerprint density at radius 2 is 2.00 bits per heavy atom. The minimum atomic E-state index is -0.904. The first-order valence-electron chi connectivity index (χ1n) is 6.56. The molecule has 0 radical (unpaired) electrons. The molecule has 1 amide bonds. The Bertz CT molecular complexity index is 584. The molecule has 2 aromatic heterocycles. The van der Waals surface area contributed by atoms with Crippen molar-refractivity contribution in [2.24, 2.45) is 0 Å². The summed E-state index contributed by atoms with van der Waals surface area (Å²) < 4.78 is 0. The summed E-state index contributed by atoms with van der Waals surface area (Å²) in [6.07, 6.45) is 3.58. The number of carboxylic acids is 1. The standard InChI is InChI=1S/C15H16N2O3S/c18-14(10-13-2-1-9-21-13)17(8-5-15(19)20)11-12-3-6-16-7-4-12/h1-4,6-7,9H,5,8,10-11H2,(H,19,20). The lowest BCUT2D eigenvalue weighted by atomic mass is 10.2. The molecule has 0 aliphatic carbocycles. The largest absolute Gasteiger partial charge is 0.481 e. The molecule has 0 atom stereocenters. The molecule has 0 aliphatic rings. The van der Waals surface area contributed by atoms with Crippen LogP contribution in [0.15, 0.2) is 42.0 Å². The van der Waals surface area contributed by atoms with E-state index in [1.54, 1.807) is 17.3 Å². The average Bonchev–Trinajstić information content (AvgIpc) is 2.97. The van der Waals surface area contributed by atoms with Crippen LogP contribution in [0.4, 0.5) is 0 Å². The van der Waals surface area contributed by atoms with Crippen LogP contribution in [0.2, 0.25) is 0 Å². The van der Waals surface area contributed by atoms with E-state index in [0.717, 1.165) is 10.4 Å². The molecule has 110 valence electrons. The molecule has 0 saturated carbocycles. The maximum atomic E-state index is 12.4. The summed E-state index contributed by atoms with van der Waals surface area (Å²) in [5, 5.41) is 10.7. The predicted molar refractivity (Wildman–Crippen MR) is 79.9 cm³/mol. The van der Waals surface area contributed by atoms with Gasteiger partial charge in [0, 0.05) is 30.4 Å². The zero-order chi connectivity index (χ0) is 15.1. The number of aromatic nitrogens is 1. The van der Waals surface area contributed by atoms with Crippen LogP contribution in [-0.4, -0.2) is 33.4 Å². The van der Waals surface area contributed by atoms with Crippen molar-refractivity contribution < 1.29 is 14.7 Å². The third kappa shape index (κ3) is 5.00. The molecule has 5 nitrogen and oxygen atoms in total. The van der Waals surface area contributed by atoms with Gasteiger partial charge < -0.3 is 10.0 Å². The van der Waals surface area contributed by atoms with Crippen LogP contribution in [0.25, 0.3) is 0 Å². The lowest BCUT2D eigenvalue weighted by molar-refractivity contribution is -0.138. The van der Waals surface area contributed by atoms with E-state index in [1.165, 1.54) is 11.3 Å². The van der Waals surface area contributed by atoms with Gasteiger partial charge in [-0.05, 0) is 29.1 Å². The van der Waals surface area contributed by atoms with Crippen LogP contribution in [0.5, 0.6) is 0 Å². The van der Waals surface area contributed by atoms with E-state index < -0.39 is 5.97 Å². The molecule has 0 saturated heterocycles. The Morgan fingerprint density at radius 3 is 2.62 bits per heavy atom. The van der Waals surface area contributed by atoms with Gasteiger partial charge in [0.1, 0.15) is 0 Å². The monoisotopic (exact) mass is 304 g/mol. The highest BCUT2D eigenvalue weighted by molar-refractivity contribution is 7.10. The molecule has 21 heavy (non-hydrogen) atoms. The van der Waals surface area contributed by atoms with Crippen LogP contribution in [-0.2, 0) is 22.6 Å². The summed E-state index contributed by atoms with van der Waals surface area (Å²) in [4.78, 5) is 29.6. The zero-order valence-corrected chi connectivity index (χ0v) is 12.3. The minimum absolute atomic E-state index is 0.0543. The van der Waals surface area contributed by atoms with Crippen LogP contribution in [0, 0.1) is 0 Å². The second-order valence-electron chi connectivity index (χ2n) is 4.57. The first kappa shape index (κ1) is 15.2. The van der Waals surface area contributed by atoms with Gasteiger partial charge in [-0.1, -0.05) is 6.07 Å². The smallest absolute Gasteiger partial charge is 0.305 e. The minimum Gasteiger partial charge on any atom is -0.481 e. The highest BCUT2D eigenvalue weighted by atomic mass is 32.1. The van der Waals surface area contributed by atoms with Gasteiger partial charge in [0.15, 0.2) is 0 Å². The summed E-state index contributed by atoms with van der Waals surface area (Å²) in [5.41, 5.74) is 0.940. The number of amides is 1. The second-order valence-corrected chi connectivity index (χ2v) is 5.60. The average molecular weight is 304 g/mol. The van der Waals surface area contributed by atoms with Crippen molar-refractivity contribution in [2.75, 3.05) is 6.54 Å². The summed E-state index contributed by atoms with van der Waals surface area (Å²) in [5.74, 6) is -0.964.